The summed E-state index contributed by atoms with van der Waals surface area (Å²) in [6.07, 6.45) is 0. The van der Waals surface area contributed by atoms with Gasteiger partial charge in [-0.15, -0.1) is 11.3 Å². The summed E-state index contributed by atoms with van der Waals surface area (Å²) < 4.78 is 4.88. The standard InChI is InChI=1S/C13H22N2O2S/c1-9-7-12(18-11(9)3)8-15-10(2)13(16)14-5-6-17-4/h7,10,15H,5-6,8H2,1-4H3,(H,14,16). The number of methoxy groups -OCH3 is 1. The summed E-state index contributed by atoms with van der Waals surface area (Å²) >= 11 is 1.78. The normalized spacial score (nSPS) is 12.4. The lowest BCUT2D eigenvalue weighted by atomic mass is 10.2. The van der Waals surface area contributed by atoms with Gasteiger partial charge in [0.15, 0.2) is 0 Å². The Morgan fingerprint density at radius 2 is 2.22 bits per heavy atom. The number of aryl methyl sites for hydroxylation is 2. The summed E-state index contributed by atoms with van der Waals surface area (Å²) in [4.78, 5) is 14.3. The highest BCUT2D eigenvalue weighted by Crippen LogP contribution is 2.20. The number of thiophene rings is 1. The maximum Gasteiger partial charge on any atom is 0.236 e. The summed E-state index contributed by atoms with van der Waals surface area (Å²) in [5.41, 5.74) is 1.31. The molecule has 4 nitrogen and oxygen atoms in total. The van der Waals surface area contributed by atoms with Crippen molar-refractivity contribution in [2.45, 2.75) is 33.4 Å². The van der Waals surface area contributed by atoms with Crippen molar-refractivity contribution in [3.8, 4) is 0 Å². The first-order valence-corrected chi connectivity index (χ1v) is 6.92. The molecule has 0 aliphatic rings. The van der Waals surface area contributed by atoms with Crippen LogP contribution in [0.25, 0.3) is 0 Å². The Morgan fingerprint density at radius 3 is 2.78 bits per heavy atom. The number of carbonyl (C=O) groups excluding carboxylic acids is 1. The first-order chi connectivity index (χ1) is 8.54. The minimum atomic E-state index is -0.190. The number of amides is 1. The van der Waals surface area contributed by atoms with Crippen LogP contribution in [0.2, 0.25) is 0 Å². The van der Waals surface area contributed by atoms with Gasteiger partial charge in [0, 0.05) is 30.0 Å². The Hall–Kier alpha value is -0.910. The quantitative estimate of drug-likeness (QED) is 0.740. The summed E-state index contributed by atoms with van der Waals surface area (Å²) in [5, 5.41) is 6.04. The minimum Gasteiger partial charge on any atom is -0.383 e. The third-order valence-corrected chi connectivity index (χ3v) is 3.95. The van der Waals surface area contributed by atoms with Crippen molar-refractivity contribution in [1.82, 2.24) is 10.6 Å². The maximum atomic E-state index is 11.7. The Kier molecular flexibility index (Phi) is 6.32. The lowest BCUT2D eigenvalue weighted by Crippen LogP contribution is -2.42. The van der Waals surface area contributed by atoms with E-state index >= 15 is 0 Å². The molecule has 1 aromatic heterocycles. The molecule has 1 atom stereocenters. The summed E-state index contributed by atoms with van der Waals surface area (Å²) in [7, 11) is 1.62. The number of rotatable bonds is 7. The molecule has 0 aromatic carbocycles. The highest BCUT2D eigenvalue weighted by molar-refractivity contribution is 7.12. The lowest BCUT2D eigenvalue weighted by molar-refractivity contribution is -0.122. The molecule has 0 saturated carbocycles. The topological polar surface area (TPSA) is 50.4 Å². The van der Waals surface area contributed by atoms with Crippen molar-refractivity contribution in [3.05, 3.63) is 21.4 Å². The predicted octanol–water partition coefficient (Wildman–Crippen LogP) is 1.61. The van der Waals surface area contributed by atoms with Crippen LogP contribution >= 0.6 is 11.3 Å². The molecule has 0 bridgehead atoms. The lowest BCUT2D eigenvalue weighted by Gasteiger charge is -2.13. The molecule has 1 heterocycles. The zero-order valence-corrected chi connectivity index (χ0v) is 12.3. The molecule has 0 aliphatic carbocycles. The Bertz CT molecular complexity index is 371. The van der Waals surface area contributed by atoms with Crippen molar-refractivity contribution in [1.29, 1.82) is 0 Å². The molecule has 2 N–H and O–H groups in total. The van der Waals surface area contributed by atoms with E-state index in [-0.39, 0.29) is 11.9 Å². The fourth-order valence-electron chi connectivity index (χ4n) is 1.51. The van der Waals surface area contributed by atoms with Crippen molar-refractivity contribution >= 4 is 17.2 Å². The van der Waals surface area contributed by atoms with Gasteiger partial charge in [0.05, 0.1) is 12.6 Å². The second-order valence-corrected chi connectivity index (χ2v) is 5.68. The van der Waals surface area contributed by atoms with Gasteiger partial charge in [-0.3, -0.25) is 4.79 Å². The fraction of sp³-hybridized carbons (Fsp3) is 0.615. The predicted molar refractivity (Wildman–Crippen MR) is 75.0 cm³/mol. The monoisotopic (exact) mass is 270 g/mol. The van der Waals surface area contributed by atoms with E-state index in [1.165, 1.54) is 15.3 Å². The van der Waals surface area contributed by atoms with Gasteiger partial charge in [0.1, 0.15) is 0 Å². The van der Waals surface area contributed by atoms with E-state index in [4.69, 9.17) is 4.74 Å². The summed E-state index contributed by atoms with van der Waals surface area (Å²) in [6, 6.07) is 1.98. The maximum absolute atomic E-state index is 11.7. The molecule has 0 fully saturated rings. The smallest absolute Gasteiger partial charge is 0.236 e. The van der Waals surface area contributed by atoms with Crippen LogP contribution in [0.15, 0.2) is 6.07 Å². The number of nitrogens with one attached hydrogen (secondary N) is 2. The highest BCUT2D eigenvalue weighted by Gasteiger charge is 2.12. The van der Waals surface area contributed by atoms with E-state index in [2.05, 4.69) is 30.5 Å². The zero-order chi connectivity index (χ0) is 13.5. The fourth-order valence-corrected chi connectivity index (χ4v) is 2.52. The molecule has 0 spiro atoms. The van der Waals surface area contributed by atoms with Crippen LogP contribution in [-0.4, -0.2) is 32.2 Å². The minimum absolute atomic E-state index is 0.0112. The van der Waals surface area contributed by atoms with E-state index in [1.807, 2.05) is 6.92 Å². The van der Waals surface area contributed by atoms with Gasteiger partial charge in [-0.1, -0.05) is 0 Å². The number of ether oxygens (including phenoxy) is 1. The number of hydrogen-bond acceptors (Lipinski definition) is 4. The zero-order valence-electron chi connectivity index (χ0n) is 11.5. The van der Waals surface area contributed by atoms with Crippen LogP contribution in [0.1, 0.15) is 22.2 Å². The van der Waals surface area contributed by atoms with E-state index in [1.54, 1.807) is 18.4 Å². The first-order valence-electron chi connectivity index (χ1n) is 6.10. The van der Waals surface area contributed by atoms with Crippen molar-refractivity contribution in [3.63, 3.8) is 0 Å². The molecule has 0 radical (unpaired) electrons. The van der Waals surface area contributed by atoms with Gasteiger partial charge in [0.2, 0.25) is 5.91 Å². The van der Waals surface area contributed by atoms with Gasteiger partial charge in [-0.2, -0.15) is 0 Å². The van der Waals surface area contributed by atoms with Gasteiger partial charge in [-0.25, -0.2) is 0 Å². The third-order valence-electron chi connectivity index (χ3n) is 2.80. The van der Waals surface area contributed by atoms with Crippen LogP contribution in [0.3, 0.4) is 0 Å². The van der Waals surface area contributed by atoms with Gasteiger partial charge >= 0.3 is 0 Å². The van der Waals surface area contributed by atoms with E-state index < -0.39 is 0 Å². The molecular formula is C13H22N2O2S. The molecule has 18 heavy (non-hydrogen) atoms. The van der Waals surface area contributed by atoms with E-state index in [0.29, 0.717) is 13.2 Å². The van der Waals surface area contributed by atoms with Crippen LogP contribution in [0.5, 0.6) is 0 Å². The van der Waals surface area contributed by atoms with Gasteiger partial charge in [-0.05, 0) is 32.4 Å². The second-order valence-electron chi connectivity index (χ2n) is 4.34. The van der Waals surface area contributed by atoms with Crippen molar-refractivity contribution < 1.29 is 9.53 Å². The molecular weight excluding hydrogens is 248 g/mol. The summed E-state index contributed by atoms with van der Waals surface area (Å²) in [6.45, 7) is 7.93. The second kappa shape index (κ2) is 7.51. The van der Waals surface area contributed by atoms with Gasteiger partial charge in [0.25, 0.3) is 0 Å². The molecule has 102 valence electrons. The molecule has 0 aliphatic heterocycles. The molecule has 1 unspecified atom stereocenters. The van der Waals surface area contributed by atoms with E-state index in [9.17, 15) is 4.79 Å². The summed E-state index contributed by atoms with van der Waals surface area (Å²) in [5.74, 6) is 0.0112. The van der Waals surface area contributed by atoms with Crippen molar-refractivity contribution in [2.75, 3.05) is 20.3 Å². The van der Waals surface area contributed by atoms with Crippen molar-refractivity contribution in [2.24, 2.45) is 0 Å². The average molecular weight is 270 g/mol. The molecule has 1 rings (SSSR count). The molecule has 5 heteroatoms. The largest absolute Gasteiger partial charge is 0.383 e. The Morgan fingerprint density at radius 1 is 1.50 bits per heavy atom. The van der Waals surface area contributed by atoms with Crippen LogP contribution < -0.4 is 10.6 Å². The third kappa shape index (κ3) is 4.76. The van der Waals surface area contributed by atoms with Crippen LogP contribution in [0, 0.1) is 13.8 Å². The van der Waals surface area contributed by atoms with Crippen LogP contribution in [-0.2, 0) is 16.1 Å². The number of hydrogen-bond donors (Lipinski definition) is 2. The Balaban J connectivity index is 2.31. The average Bonchev–Trinajstić information content (AvgIpc) is 2.66. The SMILES string of the molecule is COCCNC(=O)C(C)NCc1cc(C)c(C)s1. The molecule has 0 saturated heterocycles. The first kappa shape index (κ1) is 15.1. The van der Waals surface area contributed by atoms with E-state index in [0.717, 1.165) is 6.54 Å². The molecule has 1 aromatic rings. The molecule has 1 amide bonds. The van der Waals surface area contributed by atoms with Gasteiger partial charge < -0.3 is 15.4 Å². The number of carbonyl (C=O) groups is 1. The Labute approximate surface area is 113 Å². The van der Waals surface area contributed by atoms with Crippen LogP contribution in [0.4, 0.5) is 0 Å². The highest BCUT2D eigenvalue weighted by atomic mass is 32.1.